The van der Waals surface area contributed by atoms with Gasteiger partial charge in [0, 0.05) is 5.39 Å². The summed E-state index contributed by atoms with van der Waals surface area (Å²) >= 11 is 0. The Bertz CT molecular complexity index is 528. The summed E-state index contributed by atoms with van der Waals surface area (Å²) in [5.41, 5.74) is 0.350. The molecular formula is C11H9FO3. The predicted molar refractivity (Wildman–Crippen MR) is 52.2 cm³/mol. The summed E-state index contributed by atoms with van der Waals surface area (Å²) in [6.07, 6.45) is 0. The molecule has 0 N–H and O–H groups in total. The number of aryl methyl sites for hydroxylation is 1. The number of fused-ring (bicyclic) bond motifs is 1. The monoisotopic (exact) mass is 208 g/mol. The van der Waals surface area contributed by atoms with Crippen molar-refractivity contribution >= 4 is 16.9 Å². The minimum atomic E-state index is -0.561. The summed E-state index contributed by atoms with van der Waals surface area (Å²) in [6, 6.07) is 4.32. The van der Waals surface area contributed by atoms with Gasteiger partial charge in [-0.3, -0.25) is 0 Å². The fourth-order valence-corrected chi connectivity index (χ4v) is 1.47. The highest BCUT2D eigenvalue weighted by atomic mass is 19.1. The van der Waals surface area contributed by atoms with Crippen molar-refractivity contribution in [1.82, 2.24) is 0 Å². The van der Waals surface area contributed by atoms with Gasteiger partial charge in [0.2, 0.25) is 0 Å². The molecule has 15 heavy (non-hydrogen) atoms. The first-order valence-electron chi connectivity index (χ1n) is 4.40. The number of methoxy groups -OCH3 is 1. The molecule has 2 rings (SSSR count). The van der Waals surface area contributed by atoms with Crippen LogP contribution in [0.2, 0.25) is 0 Å². The number of hydrogen-bond donors (Lipinski definition) is 0. The van der Waals surface area contributed by atoms with Gasteiger partial charge in [-0.05, 0) is 25.1 Å². The number of esters is 1. The Kier molecular flexibility index (Phi) is 2.19. The lowest BCUT2D eigenvalue weighted by Crippen LogP contribution is -2.01. The maximum Gasteiger partial charge on any atom is 0.337 e. The molecule has 0 bridgehead atoms. The van der Waals surface area contributed by atoms with Gasteiger partial charge in [-0.25, -0.2) is 9.18 Å². The van der Waals surface area contributed by atoms with E-state index in [9.17, 15) is 9.18 Å². The Labute approximate surface area is 85.4 Å². The van der Waals surface area contributed by atoms with Gasteiger partial charge in [-0.1, -0.05) is 0 Å². The maximum absolute atomic E-state index is 13.5. The number of ether oxygens (including phenoxy) is 1. The summed E-state index contributed by atoms with van der Waals surface area (Å²) < 4.78 is 23.1. The molecule has 0 atom stereocenters. The third-order valence-corrected chi connectivity index (χ3v) is 2.12. The van der Waals surface area contributed by atoms with E-state index in [1.165, 1.54) is 7.11 Å². The Hall–Kier alpha value is -1.84. The van der Waals surface area contributed by atoms with Gasteiger partial charge in [-0.2, -0.15) is 0 Å². The smallest absolute Gasteiger partial charge is 0.337 e. The summed E-state index contributed by atoms with van der Waals surface area (Å²) in [5.74, 6) is -0.512. The van der Waals surface area contributed by atoms with Crippen molar-refractivity contribution in [3.8, 4) is 0 Å². The zero-order valence-electron chi connectivity index (χ0n) is 8.33. The molecule has 0 saturated heterocycles. The fourth-order valence-electron chi connectivity index (χ4n) is 1.47. The van der Waals surface area contributed by atoms with Crippen LogP contribution < -0.4 is 0 Å². The van der Waals surface area contributed by atoms with Crippen molar-refractivity contribution in [3.63, 3.8) is 0 Å². The van der Waals surface area contributed by atoms with E-state index in [1.807, 2.05) is 0 Å². The average Bonchev–Trinajstić information content (AvgIpc) is 2.58. The van der Waals surface area contributed by atoms with Crippen molar-refractivity contribution in [2.24, 2.45) is 0 Å². The highest BCUT2D eigenvalue weighted by Gasteiger charge is 2.13. The van der Waals surface area contributed by atoms with E-state index >= 15 is 0 Å². The van der Waals surface area contributed by atoms with Crippen LogP contribution in [-0.4, -0.2) is 13.1 Å². The molecule has 0 aliphatic rings. The second kappa shape index (κ2) is 3.38. The van der Waals surface area contributed by atoms with Crippen LogP contribution >= 0.6 is 0 Å². The Morgan fingerprint density at radius 2 is 2.13 bits per heavy atom. The van der Waals surface area contributed by atoms with Gasteiger partial charge in [0.25, 0.3) is 0 Å². The van der Waals surface area contributed by atoms with Crippen LogP contribution in [0.1, 0.15) is 16.1 Å². The van der Waals surface area contributed by atoms with Gasteiger partial charge >= 0.3 is 5.97 Å². The van der Waals surface area contributed by atoms with Crippen molar-refractivity contribution in [2.75, 3.05) is 7.11 Å². The number of benzene rings is 1. The number of carbonyl (C=O) groups is 1. The molecular weight excluding hydrogens is 199 g/mol. The van der Waals surface area contributed by atoms with Crippen molar-refractivity contribution in [3.05, 3.63) is 35.3 Å². The van der Waals surface area contributed by atoms with Gasteiger partial charge in [-0.15, -0.1) is 0 Å². The molecule has 0 aliphatic carbocycles. The van der Waals surface area contributed by atoms with Gasteiger partial charge in [0.15, 0.2) is 11.4 Å². The first-order chi connectivity index (χ1) is 7.11. The summed E-state index contributed by atoms with van der Waals surface area (Å²) in [7, 11) is 1.26. The zero-order valence-corrected chi connectivity index (χ0v) is 8.33. The van der Waals surface area contributed by atoms with Gasteiger partial charge in [0.1, 0.15) is 5.76 Å². The quantitative estimate of drug-likeness (QED) is 0.676. The standard InChI is InChI=1S/C11H9FO3/c1-6-3-7-4-8(11(13)14-2)5-9(12)10(7)15-6/h3-5H,1-2H3. The molecule has 0 aliphatic heterocycles. The van der Waals surface area contributed by atoms with E-state index in [0.29, 0.717) is 11.1 Å². The van der Waals surface area contributed by atoms with Gasteiger partial charge in [0.05, 0.1) is 12.7 Å². The number of halogens is 1. The lowest BCUT2D eigenvalue weighted by atomic mass is 10.1. The zero-order chi connectivity index (χ0) is 11.0. The van der Waals surface area contributed by atoms with Crippen LogP contribution in [0.3, 0.4) is 0 Å². The van der Waals surface area contributed by atoms with Crippen molar-refractivity contribution < 1.29 is 18.3 Å². The third kappa shape index (κ3) is 1.58. The van der Waals surface area contributed by atoms with Crippen LogP contribution in [0.5, 0.6) is 0 Å². The van der Waals surface area contributed by atoms with E-state index < -0.39 is 11.8 Å². The SMILES string of the molecule is COC(=O)c1cc(F)c2oc(C)cc2c1. The third-order valence-electron chi connectivity index (χ3n) is 2.12. The summed E-state index contributed by atoms with van der Waals surface area (Å²) in [6.45, 7) is 1.72. The molecule has 2 aromatic rings. The minimum Gasteiger partial charge on any atom is -0.465 e. The summed E-state index contributed by atoms with van der Waals surface area (Å²) in [5, 5.41) is 0.563. The molecule has 0 saturated carbocycles. The van der Waals surface area contributed by atoms with Crippen LogP contribution in [0.4, 0.5) is 4.39 Å². The average molecular weight is 208 g/mol. The lowest BCUT2D eigenvalue weighted by molar-refractivity contribution is 0.0600. The molecule has 1 heterocycles. The second-order valence-corrected chi connectivity index (χ2v) is 3.23. The van der Waals surface area contributed by atoms with E-state index in [0.717, 1.165) is 6.07 Å². The van der Waals surface area contributed by atoms with E-state index in [1.54, 1.807) is 19.1 Å². The first-order valence-corrected chi connectivity index (χ1v) is 4.40. The van der Waals surface area contributed by atoms with Crippen molar-refractivity contribution in [1.29, 1.82) is 0 Å². The molecule has 0 radical (unpaired) electrons. The predicted octanol–water partition coefficient (Wildman–Crippen LogP) is 2.67. The van der Waals surface area contributed by atoms with Crippen LogP contribution in [0, 0.1) is 12.7 Å². The molecule has 78 valence electrons. The van der Waals surface area contributed by atoms with E-state index in [4.69, 9.17) is 4.42 Å². The van der Waals surface area contributed by atoms with Gasteiger partial charge < -0.3 is 9.15 Å². The van der Waals surface area contributed by atoms with E-state index in [-0.39, 0.29) is 11.1 Å². The maximum atomic E-state index is 13.5. The highest BCUT2D eigenvalue weighted by molar-refractivity contribution is 5.94. The molecule has 0 fully saturated rings. The Morgan fingerprint density at radius 3 is 2.80 bits per heavy atom. The minimum absolute atomic E-state index is 0.167. The molecule has 4 heteroatoms. The molecule has 3 nitrogen and oxygen atoms in total. The number of furan rings is 1. The second-order valence-electron chi connectivity index (χ2n) is 3.23. The number of hydrogen-bond acceptors (Lipinski definition) is 3. The Balaban J connectivity index is 2.66. The van der Waals surface area contributed by atoms with Crippen LogP contribution in [0.25, 0.3) is 11.0 Å². The highest BCUT2D eigenvalue weighted by Crippen LogP contribution is 2.23. The van der Waals surface area contributed by atoms with E-state index in [2.05, 4.69) is 4.74 Å². The number of rotatable bonds is 1. The molecule has 0 amide bonds. The van der Waals surface area contributed by atoms with Crippen LogP contribution in [0.15, 0.2) is 22.6 Å². The normalized spacial score (nSPS) is 10.6. The topological polar surface area (TPSA) is 39.4 Å². The largest absolute Gasteiger partial charge is 0.465 e. The van der Waals surface area contributed by atoms with Crippen LogP contribution in [-0.2, 0) is 4.74 Å². The molecule has 0 unspecified atom stereocenters. The molecule has 1 aromatic heterocycles. The lowest BCUT2D eigenvalue weighted by Gasteiger charge is -1.99. The fraction of sp³-hybridized carbons (Fsp3) is 0.182. The molecule has 0 spiro atoms. The first kappa shape index (κ1) is 9.71. The van der Waals surface area contributed by atoms with Crippen molar-refractivity contribution in [2.45, 2.75) is 6.92 Å². The molecule has 1 aromatic carbocycles. The number of carbonyl (C=O) groups excluding carboxylic acids is 1. The Morgan fingerprint density at radius 1 is 1.40 bits per heavy atom. The summed E-state index contributed by atoms with van der Waals surface area (Å²) in [4.78, 5) is 11.2.